The van der Waals surface area contributed by atoms with Crippen molar-refractivity contribution in [3.05, 3.63) is 43.1 Å². The molecule has 0 unspecified atom stereocenters. The summed E-state index contributed by atoms with van der Waals surface area (Å²) < 4.78 is 26.5. The molecular formula is C9H3F2N3O5. The zero-order valence-corrected chi connectivity index (χ0v) is 8.81. The fraction of sp³-hybridized carbons (Fsp3) is 0. The molecule has 2 rings (SSSR count). The number of aromatic hydroxyl groups is 1. The highest BCUT2D eigenvalue weighted by Crippen LogP contribution is 2.38. The summed E-state index contributed by atoms with van der Waals surface area (Å²) in [6, 6.07) is 0.452. The Balaban J connectivity index is 3.15. The molecule has 0 fully saturated rings. The number of fused-ring (bicyclic) bond motifs is 1. The Morgan fingerprint density at radius 1 is 1.42 bits per heavy atom. The molecule has 19 heavy (non-hydrogen) atoms. The number of nitrogens with zero attached hydrogens (tertiary/aromatic N) is 2. The minimum atomic E-state index is -1.82. The summed E-state index contributed by atoms with van der Waals surface area (Å²) >= 11 is 0. The Morgan fingerprint density at radius 3 is 2.58 bits per heavy atom. The van der Waals surface area contributed by atoms with Gasteiger partial charge in [0.25, 0.3) is 5.56 Å². The number of nitrogens with one attached hydrogen (secondary N) is 1. The summed E-state index contributed by atoms with van der Waals surface area (Å²) in [6.07, 6.45) is 0. The van der Waals surface area contributed by atoms with Crippen LogP contribution in [-0.2, 0) is 0 Å². The molecule has 0 aliphatic heterocycles. The number of hydrogen-bond donors (Lipinski definition) is 2. The van der Waals surface area contributed by atoms with Crippen LogP contribution >= 0.6 is 0 Å². The van der Waals surface area contributed by atoms with Crippen molar-refractivity contribution in [3.63, 3.8) is 0 Å². The summed E-state index contributed by atoms with van der Waals surface area (Å²) in [5.74, 6) is -4.59. The van der Waals surface area contributed by atoms with Crippen LogP contribution in [0.1, 0.15) is 0 Å². The van der Waals surface area contributed by atoms with Crippen molar-refractivity contribution in [2.45, 2.75) is 0 Å². The van der Waals surface area contributed by atoms with Gasteiger partial charge in [-0.1, -0.05) is 0 Å². The molecule has 0 amide bonds. The monoisotopic (exact) mass is 271 g/mol. The van der Waals surface area contributed by atoms with Gasteiger partial charge < -0.3 is 10.1 Å². The van der Waals surface area contributed by atoms with Crippen LogP contribution in [-0.4, -0.2) is 15.0 Å². The second-order valence-corrected chi connectivity index (χ2v) is 3.44. The lowest BCUT2D eigenvalue weighted by Gasteiger charge is -2.04. The molecule has 0 atom stereocenters. The molecule has 0 saturated heterocycles. The summed E-state index contributed by atoms with van der Waals surface area (Å²) in [5.41, 5.74) is -4.16. The van der Waals surface area contributed by atoms with Crippen LogP contribution in [0.3, 0.4) is 0 Å². The summed E-state index contributed by atoms with van der Waals surface area (Å²) in [5, 5.41) is 21.7. The lowest BCUT2D eigenvalue weighted by atomic mass is 10.1. The molecular weight excluding hydrogens is 268 g/mol. The van der Waals surface area contributed by atoms with E-state index in [1.807, 2.05) is 4.98 Å². The second kappa shape index (κ2) is 4.08. The predicted molar refractivity (Wildman–Crippen MR) is 58.3 cm³/mol. The van der Waals surface area contributed by atoms with E-state index in [0.717, 1.165) is 0 Å². The van der Waals surface area contributed by atoms with Crippen LogP contribution in [0.2, 0.25) is 0 Å². The standard InChI is InChI=1S/C9H3F2N3O5/c10-2-1-3-4(7(5(2)11)14(18)19)8(15)6(13-17)9(16)12-3/h1H,(H2,12,15,16). The van der Waals surface area contributed by atoms with Crippen molar-refractivity contribution in [2.24, 2.45) is 5.18 Å². The van der Waals surface area contributed by atoms with Gasteiger partial charge in [0.1, 0.15) is 5.39 Å². The SMILES string of the molecule is O=Nc1c(O)c2c([N+](=O)[O-])c(F)c(F)cc2[nH]c1=O. The van der Waals surface area contributed by atoms with Gasteiger partial charge in [-0.2, -0.15) is 4.39 Å². The number of aromatic nitrogens is 1. The first-order valence-electron chi connectivity index (χ1n) is 4.63. The molecule has 0 spiro atoms. The molecule has 98 valence electrons. The highest BCUT2D eigenvalue weighted by atomic mass is 19.2. The minimum absolute atomic E-state index is 0.452. The lowest BCUT2D eigenvalue weighted by Crippen LogP contribution is -2.07. The topological polar surface area (TPSA) is 126 Å². The van der Waals surface area contributed by atoms with Crippen molar-refractivity contribution in [1.29, 1.82) is 0 Å². The minimum Gasteiger partial charge on any atom is -0.505 e. The molecule has 1 aromatic carbocycles. The first-order chi connectivity index (χ1) is 8.88. The van der Waals surface area contributed by atoms with Gasteiger partial charge in [-0.15, -0.1) is 4.91 Å². The molecule has 0 aliphatic rings. The number of H-pyrrole nitrogens is 1. The van der Waals surface area contributed by atoms with E-state index in [1.165, 1.54) is 0 Å². The van der Waals surface area contributed by atoms with Crippen LogP contribution in [0.4, 0.5) is 20.2 Å². The highest BCUT2D eigenvalue weighted by molar-refractivity contribution is 5.96. The Kier molecular flexibility index (Phi) is 2.70. The van der Waals surface area contributed by atoms with Gasteiger partial charge in [0.15, 0.2) is 11.6 Å². The number of nitro groups is 1. The van der Waals surface area contributed by atoms with E-state index < -0.39 is 50.1 Å². The molecule has 1 aromatic heterocycles. The maximum atomic E-state index is 13.4. The van der Waals surface area contributed by atoms with E-state index in [9.17, 15) is 33.7 Å². The van der Waals surface area contributed by atoms with Crippen molar-refractivity contribution in [3.8, 4) is 5.75 Å². The second-order valence-electron chi connectivity index (χ2n) is 3.44. The van der Waals surface area contributed by atoms with Gasteiger partial charge in [-0.3, -0.25) is 14.9 Å². The first kappa shape index (κ1) is 12.5. The van der Waals surface area contributed by atoms with E-state index in [0.29, 0.717) is 6.07 Å². The average molecular weight is 271 g/mol. The summed E-state index contributed by atoms with van der Waals surface area (Å²) in [7, 11) is 0. The molecule has 0 aliphatic carbocycles. The van der Waals surface area contributed by atoms with E-state index in [1.54, 1.807) is 0 Å². The Morgan fingerprint density at radius 2 is 2.05 bits per heavy atom. The van der Waals surface area contributed by atoms with Crippen LogP contribution in [0.15, 0.2) is 16.0 Å². The smallest absolute Gasteiger partial charge is 0.320 e. The van der Waals surface area contributed by atoms with Gasteiger partial charge in [0.05, 0.1) is 10.4 Å². The maximum absolute atomic E-state index is 13.4. The van der Waals surface area contributed by atoms with Crippen molar-refractivity contribution < 1.29 is 18.8 Å². The molecule has 8 nitrogen and oxygen atoms in total. The number of aromatic amines is 1. The van der Waals surface area contributed by atoms with Crippen molar-refractivity contribution >= 4 is 22.3 Å². The predicted octanol–water partition coefficient (Wildman–Crippen LogP) is 1.82. The normalized spacial score (nSPS) is 10.6. The third-order valence-electron chi connectivity index (χ3n) is 2.39. The Hall–Kier alpha value is -2.91. The molecule has 1 heterocycles. The van der Waals surface area contributed by atoms with Crippen LogP contribution in [0.5, 0.6) is 5.75 Å². The first-order valence-corrected chi connectivity index (χ1v) is 4.63. The maximum Gasteiger partial charge on any atom is 0.320 e. The highest BCUT2D eigenvalue weighted by Gasteiger charge is 2.28. The van der Waals surface area contributed by atoms with E-state index >= 15 is 0 Å². The number of nitro benzene ring substituents is 1. The van der Waals surface area contributed by atoms with Gasteiger partial charge in [0, 0.05) is 6.07 Å². The molecule has 0 bridgehead atoms. The molecule has 10 heteroatoms. The van der Waals surface area contributed by atoms with E-state index in [2.05, 4.69) is 5.18 Å². The Bertz CT molecular complexity index is 786. The number of halogens is 2. The summed E-state index contributed by atoms with van der Waals surface area (Å²) in [4.78, 5) is 32.9. The number of rotatable bonds is 2. The lowest BCUT2D eigenvalue weighted by molar-refractivity contribution is -0.386. The third-order valence-corrected chi connectivity index (χ3v) is 2.39. The molecule has 0 saturated carbocycles. The van der Waals surface area contributed by atoms with Crippen LogP contribution in [0, 0.1) is 26.7 Å². The average Bonchev–Trinajstić information content (AvgIpc) is 2.32. The molecule has 2 N–H and O–H groups in total. The molecule has 2 aromatic rings. The van der Waals surface area contributed by atoms with Crippen molar-refractivity contribution in [2.75, 3.05) is 0 Å². The van der Waals surface area contributed by atoms with E-state index in [4.69, 9.17) is 0 Å². The fourth-order valence-electron chi connectivity index (χ4n) is 1.61. The fourth-order valence-corrected chi connectivity index (χ4v) is 1.61. The van der Waals surface area contributed by atoms with Gasteiger partial charge >= 0.3 is 5.69 Å². The van der Waals surface area contributed by atoms with Gasteiger partial charge in [0.2, 0.25) is 11.5 Å². The number of benzene rings is 1. The Labute approximate surface area is 101 Å². The number of hydrogen-bond acceptors (Lipinski definition) is 6. The summed E-state index contributed by atoms with van der Waals surface area (Å²) in [6.45, 7) is 0. The van der Waals surface area contributed by atoms with Crippen LogP contribution in [0.25, 0.3) is 10.9 Å². The van der Waals surface area contributed by atoms with E-state index in [-0.39, 0.29) is 0 Å². The largest absolute Gasteiger partial charge is 0.505 e. The third kappa shape index (κ3) is 1.69. The van der Waals surface area contributed by atoms with Gasteiger partial charge in [-0.25, -0.2) is 4.39 Å². The van der Waals surface area contributed by atoms with Crippen LogP contribution < -0.4 is 5.56 Å². The number of nitroso groups, excluding NO2 is 1. The van der Waals surface area contributed by atoms with Crippen molar-refractivity contribution in [1.82, 2.24) is 4.98 Å². The zero-order chi connectivity index (χ0) is 14.3. The number of pyridine rings is 1. The quantitative estimate of drug-likeness (QED) is 0.489. The molecule has 0 radical (unpaired) electrons. The zero-order valence-electron chi connectivity index (χ0n) is 8.81. The van der Waals surface area contributed by atoms with Gasteiger partial charge in [-0.05, 0) is 5.18 Å².